The van der Waals surface area contributed by atoms with Gasteiger partial charge in [0.1, 0.15) is 10.5 Å². The molecule has 1 aromatic carbocycles. The van der Waals surface area contributed by atoms with Crippen LogP contribution in [0.15, 0.2) is 21.5 Å². The van der Waals surface area contributed by atoms with Crippen LogP contribution in [0.4, 0.5) is 15.3 Å². The first-order chi connectivity index (χ1) is 17.9. The molecule has 2 aromatic rings. The molecule has 0 radical (unpaired) electrons. The Morgan fingerprint density at radius 3 is 2.84 bits per heavy atom. The number of ether oxygens (including phenoxy) is 2. The van der Waals surface area contributed by atoms with Gasteiger partial charge in [0.15, 0.2) is 9.92 Å². The molecule has 38 heavy (non-hydrogen) atoms. The number of nitrogens with two attached hydrogens (primary N) is 1. The summed E-state index contributed by atoms with van der Waals surface area (Å²) < 4.78 is 29.9. The molecule has 0 bridgehead atoms. The highest BCUT2D eigenvalue weighted by atomic mass is 32.2. The maximum absolute atomic E-state index is 13.4. The maximum atomic E-state index is 13.4. The van der Waals surface area contributed by atoms with Gasteiger partial charge >= 0.3 is 12.1 Å². The van der Waals surface area contributed by atoms with Crippen molar-refractivity contribution in [2.45, 2.75) is 82.8 Å². The van der Waals surface area contributed by atoms with E-state index < -0.39 is 27.6 Å². The van der Waals surface area contributed by atoms with Crippen LogP contribution in [-0.4, -0.2) is 44.9 Å². The highest BCUT2D eigenvalue weighted by Gasteiger charge is 2.31. The second-order valence-electron chi connectivity index (χ2n) is 11.4. The van der Waals surface area contributed by atoms with E-state index in [1.165, 1.54) is 22.0 Å². The molecular formula is C26H36N6O5S. The summed E-state index contributed by atoms with van der Waals surface area (Å²) in [4.78, 5) is 25.0. The van der Waals surface area contributed by atoms with Crippen molar-refractivity contribution in [3.05, 3.63) is 34.5 Å². The third-order valence-corrected chi connectivity index (χ3v) is 8.59. The lowest BCUT2D eigenvalue weighted by Gasteiger charge is -2.26. The van der Waals surface area contributed by atoms with Gasteiger partial charge in [-0.25, -0.2) is 23.6 Å². The van der Waals surface area contributed by atoms with E-state index >= 15 is 0 Å². The summed E-state index contributed by atoms with van der Waals surface area (Å²) in [5.74, 6) is 0.584. The fraction of sp³-hybridized carbons (Fsp3) is 0.577. The normalized spacial score (nSPS) is 21.4. The number of urea groups is 1. The van der Waals surface area contributed by atoms with Crippen LogP contribution >= 0.6 is 0 Å². The second kappa shape index (κ2) is 9.88. The average molecular weight is 545 g/mol. The molecule has 0 spiro atoms. The number of aromatic nitrogens is 2. The summed E-state index contributed by atoms with van der Waals surface area (Å²) >= 11 is 0. The zero-order valence-electron chi connectivity index (χ0n) is 22.3. The van der Waals surface area contributed by atoms with Crippen LogP contribution in [0.2, 0.25) is 0 Å². The largest absolute Gasteiger partial charge is 0.476 e. The lowest BCUT2D eigenvalue weighted by Crippen LogP contribution is -2.39. The quantitative estimate of drug-likeness (QED) is 0.531. The minimum atomic E-state index is -3.62. The minimum absolute atomic E-state index is 0.0725. The molecule has 2 heterocycles. The number of amides is 3. The lowest BCUT2D eigenvalue weighted by atomic mass is 9.96. The zero-order valence-corrected chi connectivity index (χ0v) is 23.2. The average Bonchev–Trinajstić information content (AvgIpc) is 3.55. The Hall–Kier alpha value is -3.12. The summed E-state index contributed by atoms with van der Waals surface area (Å²) in [7, 11) is -3.62. The Labute approximate surface area is 223 Å². The first kappa shape index (κ1) is 26.5. The number of rotatable bonds is 4. The van der Waals surface area contributed by atoms with Crippen LogP contribution in [0, 0.1) is 5.92 Å². The van der Waals surface area contributed by atoms with Crippen molar-refractivity contribution in [3.8, 4) is 5.88 Å². The molecule has 4 N–H and O–H groups in total. The van der Waals surface area contributed by atoms with Crippen LogP contribution in [0.1, 0.15) is 68.7 Å². The van der Waals surface area contributed by atoms with E-state index in [-0.39, 0.29) is 23.3 Å². The number of carbonyl (C=O) groups excluding carboxylic acids is 2. The Kier molecular flexibility index (Phi) is 6.89. The standard InChI is InChI=1S/C26H36N6O5S/c1-15-8-9-19-20(15)10-17-6-5-7-18(17)22(19)30-24(33)31-38(27,35)21-12-29-32-13-16(14-36-23(21)32)11-28-25(34)37-26(2,3)4/h10,12,15-16H,5-9,11,13-14H2,1-4H3,(H,28,34)(H3,27,30,31,33,35). The van der Waals surface area contributed by atoms with Gasteiger partial charge in [-0.1, -0.05) is 13.0 Å². The number of aryl methyl sites for hydroxylation is 1. The molecular weight excluding hydrogens is 508 g/mol. The number of nitrogens with zero attached hydrogens (tertiary/aromatic N) is 3. The van der Waals surface area contributed by atoms with E-state index in [1.807, 2.05) is 0 Å². The zero-order chi connectivity index (χ0) is 27.2. The number of anilines is 1. The number of nitrogens with one attached hydrogen (secondary N) is 2. The summed E-state index contributed by atoms with van der Waals surface area (Å²) in [6.07, 6.45) is 5.71. The molecule has 5 rings (SSSR count). The predicted molar refractivity (Wildman–Crippen MR) is 143 cm³/mol. The second-order valence-corrected chi connectivity index (χ2v) is 13.2. The first-order valence-corrected chi connectivity index (χ1v) is 14.7. The van der Waals surface area contributed by atoms with Crippen molar-refractivity contribution < 1.29 is 23.3 Å². The SMILES string of the molecule is CC1CCc2c1cc1c(c2NC(=O)N=S(N)(=O)c2cnn3c2OCC(CNC(=O)OC(C)(C)C)C3)CCC1. The number of hydrogen-bond donors (Lipinski definition) is 3. The Morgan fingerprint density at radius 1 is 1.29 bits per heavy atom. The molecule has 11 nitrogen and oxygen atoms in total. The van der Waals surface area contributed by atoms with E-state index in [9.17, 15) is 13.8 Å². The fourth-order valence-corrected chi connectivity index (χ4v) is 6.49. The van der Waals surface area contributed by atoms with E-state index in [0.29, 0.717) is 19.0 Å². The van der Waals surface area contributed by atoms with Gasteiger partial charge in [-0.2, -0.15) is 5.10 Å². The van der Waals surface area contributed by atoms with Crippen LogP contribution < -0.4 is 20.5 Å². The van der Waals surface area contributed by atoms with Crippen molar-refractivity contribution in [2.75, 3.05) is 18.5 Å². The molecule has 0 saturated heterocycles. The van der Waals surface area contributed by atoms with E-state index in [2.05, 4.69) is 33.1 Å². The topological polar surface area (TPSA) is 150 Å². The third kappa shape index (κ3) is 5.37. The fourth-order valence-electron chi connectivity index (χ4n) is 5.48. The monoisotopic (exact) mass is 544 g/mol. The lowest BCUT2D eigenvalue weighted by molar-refractivity contribution is 0.0502. The smallest absolute Gasteiger partial charge is 0.407 e. The summed E-state index contributed by atoms with van der Waals surface area (Å²) in [6.45, 7) is 8.56. The number of alkyl carbamates (subject to hydrolysis) is 1. The van der Waals surface area contributed by atoms with Crippen molar-refractivity contribution in [2.24, 2.45) is 15.4 Å². The van der Waals surface area contributed by atoms with Gasteiger partial charge in [-0.05, 0) is 81.0 Å². The van der Waals surface area contributed by atoms with Gasteiger partial charge in [0, 0.05) is 18.2 Å². The third-order valence-electron chi connectivity index (χ3n) is 7.25. The van der Waals surface area contributed by atoms with E-state index in [0.717, 1.165) is 48.9 Å². The molecule has 2 aliphatic carbocycles. The molecule has 3 atom stereocenters. The van der Waals surface area contributed by atoms with E-state index in [1.54, 1.807) is 20.8 Å². The van der Waals surface area contributed by atoms with Crippen LogP contribution in [0.25, 0.3) is 0 Å². The summed E-state index contributed by atoms with van der Waals surface area (Å²) in [6, 6.07) is 1.55. The molecule has 3 amide bonds. The minimum Gasteiger partial charge on any atom is -0.476 e. The number of fused-ring (bicyclic) bond motifs is 3. The van der Waals surface area contributed by atoms with Crippen molar-refractivity contribution in [3.63, 3.8) is 0 Å². The van der Waals surface area contributed by atoms with Gasteiger partial charge in [-0.15, -0.1) is 4.36 Å². The molecule has 206 valence electrons. The van der Waals surface area contributed by atoms with Crippen LogP contribution in [0.5, 0.6) is 5.88 Å². The van der Waals surface area contributed by atoms with Gasteiger partial charge < -0.3 is 20.1 Å². The number of hydrogen-bond acceptors (Lipinski definition) is 6. The highest BCUT2D eigenvalue weighted by Crippen LogP contribution is 2.43. The Balaban J connectivity index is 1.30. The Morgan fingerprint density at radius 2 is 2.08 bits per heavy atom. The van der Waals surface area contributed by atoms with E-state index in [4.69, 9.17) is 14.6 Å². The molecule has 1 aromatic heterocycles. The molecule has 3 aliphatic rings. The number of benzene rings is 1. The molecule has 12 heteroatoms. The highest BCUT2D eigenvalue weighted by molar-refractivity contribution is 7.91. The van der Waals surface area contributed by atoms with Gasteiger partial charge in [0.05, 0.1) is 19.3 Å². The van der Waals surface area contributed by atoms with Gasteiger partial charge in [-0.3, -0.25) is 0 Å². The molecule has 0 saturated carbocycles. The maximum Gasteiger partial charge on any atom is 0.407 e. The number of carbonyl (C=O) groups is 2. The summed E-state index contributed by atoms with van der Waals surface area (Å²) in [5.41, 5.74) is 5.09. The van der Waals surface area contributed by atoms with Crippen LogP contribution in [-0.2, 0) is 40.5 Å². The first-order valence-electron chi connectivity index (χ1n) is 13.1. The summed E-state index contributed by atoms with van der Waals surface area (Å²) in [5, 5.41) is 16.0. The molecule has 0 fully saturated rings. The van der Waals surface area contributed by atoms with Crippen LogP contribution in [0.3, 0.4) is 0 Å². The van der Waals surface area contributed by atoms with Crippen molar-refractivity contribution in [1.29, 1.82) is 0 Å². The van der Waals surface area contributed by atoms with Gasteiger partial charge in [0.2, 0.25) is 5.88 Å². The molecule has 1 aliphatic heterocycles. The van der Waals surface area contributed by atoms with Crippen molar-refractivity contribution >= 4 is 27.7 Å². The van der Waals surface area contributed by atoms with Crippen molar-refractivity contribution in [1.82, 2.24) is 15.1 Å². The predicted octanol–water partition coefficient (Wildman–Crippen LogP) is 3.89. The Bertz CT molecular complexity index is 1400. The van der Waals surface area contributed by atoms with Gasteiger partial charge in [0.25, 0.3) is 0 Å². The molecule has 3 unspecified atom stereocenters.